The molecule has 34 heavy (non-hydrogen) atoms. The first-order valence-electron chi connectivity index (χ1n) is 10.5. The number of pyridine rings is 2. The summed E-state index contributed by atoms with van der Waals surface area (Å²) >= 11 is 12.1. The predicted molar refractivity (Wildman–Crippen MR) is 131 cm³/mol. The molecule has 3 aromatic heterocycles. The molecular weight excluding hydrogens is 472 g/mol. The second-order valence-corrected chi connectivity index (χ2v) is 8.61. The standard InChI is InChI=1S/C25H19ClN4O3S/c26-18-5-4-16(24(31)32)13-17(18)20-6-7-21(33-20)23-22(19-3-1-2-10-28-19)29-25(34)30(23)14-15-8-11-27-12-9-15/h1-13,22-23H,14H2,(H,29,34)(H,31,32)/t22-,23-/m0/s1. The van der Waals surface area contributed by atoms with Gasteiger partial charge < -0.3 is 19.7 Å². The molecule has 5 rings (SSSR count). The Bertz CT molecular complexity index is 1350. The molecule has 0 amide bonds. The van der Waals surface area contributed by atoms with Crippen molar-refractivity contribution >= 4 is 34.9 Å². The fourth-order valence-corrected chi connectivity index (χ4v) is 4.59. The summed E-state index contributed by atoms with van der Waals surface area (Å²) in [7, 11) is 0. The molecule has 0 aliphatic carbocycles. The Morgan fingerprint density at radius 2 is 1.94 bits per heavy atom. The Morgan fingerprint density at radius 1 is 1.12 bits per heavy atom. The van der Waals surface area contributed by atoms with Crippen molar-refractivity contribution in [2.45, 2.75) is 18.6 Å². The van der Waals surface area contributed by atoms with Gasteiger partial charge in [0.05, 0.1) is 22.3 Å². The molecule has 2 atom stereocenters. The molecule has 1 fully saturated rings. The highest BCUT2D eigenvalue weighted by molar-refractivity contribution is 7.80. The van der Waals surface area contributed by atoms with Gasteiger partial charge in [-0.1, -0.05) is 17.7 Å². The number of hydrogen-bond acceptors (Lipinski definition) is 5. The van der Waals surface area contributed by atoms with Crippen molar-refractivity contribution in [2.75, 3.05) is 0 Å². The Morgan fingerprint density at radius 3 is 2.68 bits per heavy atom. The molecule has 0 spiro atoms. The predicted octanol–water partition coefficient (Wildman–Crippen LogP) is 5.26. The average Bonchev–Trinajstić information content (AvgIpc) is 3.45. The smallest absolute Gasteiger partial charge is 0.335 e. The minimum Gasteiger partial charge on any atom is -0.478 e. The third-order valence-electron chi connectivity index (χ3n) is 5.70. The van der Waals surface area contributed by atoms with Crippen LogP contribution >= 0.6 is 23.8 Å². The van der Waals surface area contributed by atoms with E-state index in [9.17, 15) is 9.90 Å². The number of benzene rings is 1. The molecule has 1 saturated heterocycles. The first-order valence-corrected chi connectivity index (χ1v) is 11.3. The molecule has 1 aliphatic heterocycles. The number of thiocarbonyl (C=S) groups is 1. The SMILES string of the molecule is O=C(O)c1ccc(Cl)c(-c2ccc([C@H]3[C@H](c4ccccn4)NC(=S)N3Cc3ccncc3)o2)c1. The van der Waals surface area contributed by atoms with Gasteiger partial charge in [0.25, 0.3) is 0 Å². The van der Waals surface area contributed by atoms with Crippen molar-refractivity contribution in [3.8, 4) is 11.3 Å². The van der Waals surface area contributed by atoms with Crippen LogP contribution in [0.5, 0.6) is 0 Å². The fourth-order valence-electron chi connectivity index (χ4n) is 4.07. The van der Waals surface area contributed by atoms with Crippen molar-refractivity contribution in [1.82, 2.24) is 20.2 Å². The number of aromatic carboxylic acids is 1. The van der Waals surface area contributed by atoms with E-state index in [-0.39, 0.29) is 17.6 Å². The van der Waals surface area contributed by atoms with Crippen LogP contribution in [0.15, 0.2) is 83.7 Å². The molecule has 0 saturated carbocycles. The summed E-state index contributed by atoms with van der Waals surface area (Å²) in [4.78, 5) is 22.1. The topological polar surface area (TPSA) is 91.5 Å². The Hall–Kier alpha value is -3.75. The molecule has 0 radical (unpaired) electrons. The van der Waals surface area contributed by atoms with E-state index >= 15 is 0 Å². The van der Waals surface area contributed by atoms with Crippen molar-refractivity contribution in [1.29, 1.82) is 0 Å². The summed E-state index contributed by atoms with van der Waals surface area (Å²) in [6, 6.07) is 17.3. The Balaban J connectivity index is 1.56. The number of nitrogens with one attached hydrogen (secondary N) is 1. The van der Waals surface area contributed by atoms with Gasteiger partial charge in [-0.15, -0.1) is 0 Å². The Kier molecular flexibility index (Phi) is 6.00. The van der Waals surface area contributed by atoms with Crippen molar-refractivity contribution in [3.63, 3.8) is 0 Å². The summed E-state index contributed by atoms with van der Waals surface area (Å²) in [6.45, 7) is 0.549. The third-order valence-corrected chi connectivity index (χ3v) is 6.38. The van der Waals surface area contributed by atoms with Crippen LogP contribution < -0.4 is 5.32 Å². The molecular formula is C25H19ClN4O3S. The molecule has 9 heteroatoms. The number of rotatable bonds is 6. The lowest BCUT2D eigenvalue weighted by Gasteiger charge is -2.26. The Labute approximate surface area is 206 Å². The number of carboxylic acids is 1. The second-order valence-electron chi connectivity index (χ2n) is 7.81. The molecule has 4 aromatic rings. The van der Waals surface area contributed by atoms with E-state index in [1.54, 1.807) is 30.7 Å². The lowest BCUT2D eigenvalue weighted by atomic mass is 10.0. The first kappa shape index (κ1) is 22.1. The molecule has 2 N–H and O–H groups in total. The van der Waals surface area contributed by atoms with E-state index in [2.05, 4.69) is 20.2 Å². The van der Waals surface area contributed by atoms with Gasteiger partial charge in [-0.2, -0.15) is 0 Å². The number of nitrogens with zero attached hydrogens (tertiary/aromatic N) is 3. The highest BCUT2D eigenvalue weighted by Gasteiger charge is 2.41. The lowest BCUT2D eigenvalue weighted by molar-refractivity contribution is 0.0697. The normalized spacial score (nSPS) is 17.6. The van der Waals surface area contributed by atoms with Crippen LogP contribution in [0, 0.1) is 0 Å². The van der Waals surface area contributed by atoms with Crippen LogP contribution in [0.1, 0.15) is 39.5 Å². The maximum absolute atomic E-state index is 11.4. The van der Waals surface area contributed by atoms with E-state index < -0.39 is 5.97 Å². The number of aromatic nitrogens is 2. The van der Waals surface area contributed by atoms with Gasteiger partial charge in [-0.25, -0.2) is 4.79 Å². The summed E-state index contributed by atoms with van der Waals surface area (Å²) < 4.78 is 6.28. The molecule has 1 aliphatic rings. The van der Waals surface area contributed by atoms with E-state index in [4.69, 9.17) is 28.2 Å². The molecule has 0 unspecified atom stereocenters. The van der Waals surface area contributed by atoms with Crippen LogP contribution in [0.4, 0.5) is 0 Å². The van der Waals surface area contributed by atoms with Crippen LogP contribution in [-0.2, 0) is 6.54 Å². The molecule has 4 heterocycles. The zero-order valence-corrected chi connectivity index (χ0v) is 19.3. The zero-order valence-electron chi connectivity index (χ0n) is 17.8. The molecule has 0 bridgehead atoms. The van der Waals surface area contributed by atoms with E-state index in [0.717, 1.165) is 11.3 Å². The van der Waals surface area contributed by atoms with Crippen molar-refractivity contribution in [2.24, 2.45) is 0 Å². The number of carbonyl (C=O) groups is 1. The van der Waals surface area contributed by atoms with E-state index in [0.29, 0.717) is 33.8 Å². The maximum Gasteiger partial charge on any atom is 0.335 e. The summed E-state index contributed by atoms with van der Waals surface area (Å²) in [5.41, 5.74) is 2.52. The van der Waals surface area contributed by atoms with Gasteiger partial charge in [0, 0.05) is 30.7 Å². The monoisotopic (exact) mass is 490 g/mol. The molecule has 170 valence electrons. The first-order chi connectivity index (χ1) is 16.5. The maximum atomic E-state index is 11.4. The lowest BCUT2D eigenvalue weighted by Crippen LogP contribution is -2.29. The minimum atomic E-state index is -1.03. The molecule has 1 aromatic carbocycles. The second kappa shape index (κ2) is 9.24. The van der Waals surface area contributed by atoms with Crippen LogP contribution in [0.25, 0.3) is 11.3 Å². The largest absolute Gasteiger partial charge is 0.478 e. The van der Waals surface area contributed by atoms with Crippen molar-refractivity contribution < 1.29 is 14.3 Å². The summed E-state index contributed by atoms with van der Waals surface area (Å²) in [6.07, 6.45) is 5.23. The van der Waals surface area contributed by atoms with Crippen LogP contribution in [0.3, 0.4) is 0 Å². The minimum absolute atomic E-state index is 0.131. The van der Waals surface area contributed by atoms with Gasteiger partial charge in [-0.05, 0) is 72.4 Å². The summed E-state index contributed by atoms with van der Waals surface area (Å²) in [5.74, 6) is 0.0992. The highest BCUT2D eigenvalue weighted by atomic mass is 35.5. The van der Waals surface area contributed by atoms with Gasteiger partial charge in [0.15, 0.2) is 5.11 Å². The number of halogens is 1. The van der Waals surface area contributed by atoms with Gasteiger partial charge in [-0.3, -0.25) is 9.97 Å². The number of carboxylic acid groups (broad SMARTS) is 1. The van der Waals surface area contributed by atoms with Crippen LogP contribution in [-0.4, -0.2) is 31.1 Å². The van der Waals surface area contributed by atoms with Crippen LogP contribution in [0.2, 0.25) is 5.02 Å². The third kappa shape index (κ3) is 4.25. The van der Waals surface area contributed by atoms with Gasteiger partial charge >= 0.3 is 5.97 Å². The van der Waals surface area contributed by atoms with E-state index in [1.807, 2.05) is 36.4 Å². The zero-order chi connectivity index (χ0) is 23.7. The van der Waals surface area contributed by atoms with Gasteiger partial charge in [0.2, 0.25) is 0 Å². The summed E-state index contributed by atoms with van der Waals surface area (Å²) in [5, 5.41) is 13.8. The fraction of sp³-hybridized carbons (Fsp3) is 0.120. The molecule has 7 nitrogen and oxygen atoms in total. The number of furan rings is 1. The average molecular weight is 491 g/mol. The number of hydrogen-bond donors (Lipinski definition) is 2. The highest BCUT2D eigenvalue weighted by Crippen LogP contribution is 2.42. The quantitative estimate of drug-likeness (QED) is 0.353. The van der Waals surface area contributed by atoms with Crippen molar-refractivity contribution in [3.05, 3.63) is 107 Å². The van der Waals surface area contributed by atoms with E-state index in [1.165, 1.54) is 12.1 Å². The van der Waals surface area contributed by atoms with Gasteiger partial charge in [0.1, 0.15) is 17.6 Å².